The monoisotopic (exact) mass is 238 g/mol. The molecule has 3 N–H and O–H groups in total. The topological polar surface area (TPSA) is 63.8 Å². The number of halogens is 2. The maximum atomic E-state index is 13.4. The summed E-state index contributed by atoms with van der Waals surface area (Å²) in [6, 6.07) is 5.91. The molecule has 0 amide bonds. The summed E-state index contributed by atoms with van der Waals surface area (Å²) in [6.07, 6.45) is 1.47. The first-order chi connectivity index (χ1) is 7.66. The molecule has 16 heavy (non-hydrogen) atoms. The lowest BCUT2D eigenvalue weighted by atomic mass is 10.3. The Labute approximate surface area is 96.3 Å². The fourth-order valence-electron chi connectivity index (χ4n) is 1.16. The molecule has 0 saturated heterocycles. The van der Waals surface area contributed by atoms with Crippen LogP contribution >= 0.6 is 11.6 Å². The number of nitrogens with one attached hydrogen (secondary N) is 1. The fraction of sp³-hybridized carbons (Fsp3) is 0. The van der Waals surface area contributed by atoms with E-state index in [0.29, 0.717) is 5.82 Å². The Balaban J connectivity index is 2.34. The number of hydrogen-bond donors (Lipinski definition) is 2. The third-order valence-corrected chi connectivity index (χ3v) is 2.19. The number of hydrogen-bond acceptors (Lipinski definition) is 4. The molecular weight excluding hydrogens is 231 g/mol. The number of aromatic nitrogens is 2. The maximum Gasteiger partial charge on any atom is 0.229 e. The van der Waals surface area contributed by atoms with E-state index in [2.05, 4.69) is 15.3 Å². The number of rotatable bonds is 2. The summed E-state index contributed by atoms with van der Waals surface area (Å²) in [5.41, 5.74) is 5.60. The summed E-state index contributed by atoms with van der Waals surface area (Å²) < 4.78 is 13.4. The Morgan fingerprint density at radius 1 is 1.31 bits per heavy atom. The van der Waals surface area contributed by atoms with Crippen LogP contribution in [0.4, 0.5) is 21.8 Å². The van der Waals surface area contributed by atoms with Gasteiger partial charge in [0.15, 0.2) is 0 Å². The predicted octanol–water partition coefficient (Wildman–Crippen LogP) is 2.59. The number of para-hydroxylation sites is 1. The first-order valence-electron chi connectivity index (χ1n) is 4.46. The van der Waals surface area contributed by atoms with Crippen LogP contribution in [0, 0.1) is 5.82 Å². The van der Waals surface area contributed by atoms with Gasteiger partial charge in [0, 0.05) is 6.20 Å². The number of nitrogens with two attached hydrogens (primary N) is 1. The van der Waals surface area contributed by atoms with Crippen molar-refractivity contribution < 1.29 is 4.39 Å². The van der Waals surface area contributed by atoms with Crippen molar-refractivity contribution in [1.82, 2.24) is 9.97 Å². The van der Waals surface area contributed by atoms with E-state index in [1.165, 1.54) is 24.4 Å². The third-order valence-electron chi connectivity index (χ3n) is 1.88. The molecule has 0 atom stereocenters. The van der Waals surface area contributed by atoms with Crippen LogP contribution in [-0.2, 0) is 0 Å². The highest BCUT2D eigenvalue weighted by Crippen LogP contribution is 2.26. The maximum absolute atomic E-state index is 13.4. The Bertz CT molecular complexity index is 498. The molecule has 0 radical (unpaired) electrons. The van der Waals surface area contributed by atoms with Crippen molar-refractivity contribution in [3.63, 3.8) is 0 Å². The first-order valence-corrected chi connectivity index (χ1v) is 4.84. The van der Waals surface area contributed by atoms with Crippen molar-refractivity contribution in [1.29, 1.82) is 0 Å². The third kappa shape index (κ3) is 2.20. The van der Waals surface area contributed by atoms with Crippen LogP contribution < -0.4 is 11.1 Å². The average molecular weight is 239 g/mol. The second kappa shape index (κ2) is 4.32. The molecule has 2 aromatic rings. The van der Waals surface area contributed by atoms with Gasteiger partial charge in [-0.05, 0) is 18.2 Å². The summed E-state index contributed by atoms with van der Waals surface area (Å²) >= 11 is 5.83. The molecule has 4 nitrogen and oxygen atoms in total. The van der Waals surface area contributed by atoms with Gasteiger partial charge in [-0.2, -0.15) is 4.98 Å². The van der Waals surface area contributed by atoms with Crippen LogP contribution in [0.15, 0.2) is 30.5 Å². The van der Waals surface area contributed by atoms with Gasteiger partial charge < -0.3 is 11.1 Å². The van der Waals surface area contributed by atoms with E-state index in [1.54, 1.807) is 6.07 Å². The normalized spacial score (nSPS) is 10.1. The SMILES string of the molecule is Nc1ccnc(Nc2c(F)cccc2Cl)n1. The Hall–Kier alpha value is -1.88. The molecular formula is C10H8ClFN4. The van der Waals surface area contributed by atoms with Crippen molar-refractivity contribution in [2.45, 2.75) is 0 Å². The summed E-state index contributed by atoms with van der Waals surface area (Å²) in [7, 11) is 0. The van der Waals surface area contributed by atoms with Gasteiger partial charge in [-0.3, -0.25) is 0 Å². The highest BCUT2D eigenvalue weighted by Gasteiger charge is 2.08. The molecule has 6 heteroatoms. The van der Waals surface area contributed by atoms with Gasteiger partial charge in [0.25, 0.3) is 0 Å². The molecule has 0 spiro atoms. The Morgan fingerprint density at radius 3 is 2.81 bits per heavy atom. The van der Waals surface area contributed by atoms with Crippen LogP contribution in [0.1, 0.15) is 0 Å². The van der Waals surface area contributed by atoms with Crippen LogP contribution in [0.2, 0.25) is 5.02 Å². The summed E-state index contributed by atoms with van der Waals surface area (Å²) in [6.45, 7) is 0. The van der Waals surface area contributed by atoms with Gasteiger partial charge in [-0.1, -0.05) is 17.7 Å². The lowest BCUT2D eigenvalue weighted by Crippen LogP contribution is -2.01. The highest BCUT2D eigenvalue weighted by atomic mass is 35.5. The molecule has 0 aliphatic heterocycles. The van der Waals surface area contributed by atoms with Crippen molar-refractivity contribution >= 4 is 29.1 Å². The van der Waals surface area contributed by atoms with E-state index >= 15 is 0 Å². The molecule has 82 valence electrons. The molecule has 1 aromatic carbocycles. The van der Waals surface area contributed by atoms with Crippen LogP contribution in [0.5, 0.6) is 0 Å². The van der Waals surface area contributed by atoms with Gasteiger partial charge in [0.05, 0.1) is 10.7 Å². The number of nitrogen functional groups attached to an aromatic ring is 1. The van der Waals surface area contributed by atoms with Crippen LogP contribution in [0.25, 0.3) is 0 Å². The van der Waals surface area contributed by atoms with Gasteiger partial charge in [-0.25, -0.2) is 9.37 Å². The minimum atomic E-state index is -0.474. The van der Waals surface area contributed by atoms with E-state index in [4.69, 9.17) is 17.3 Å². The number of anilines is 3. The largest absolute Gasteiger partial charge is 0.384 e. The number of benzene rings is 1. The van der Waals surface area contributed by atoms with Crippen molar-refractivity contribution in [3.05, 3.63) is 41.3 Å². The summed E-state index contributed by atoms with van der Waals surface area (Å²) in [5, 5.41) is 2.93. The fourth-order valence-corrected chi connectivity index (χ4v) is 1.37. The minimum absolute atomic E-state index is 0.134. The molecule has 0 aliphatic carbocycles. The zero-order chi connectivity index (χ0) is 11.5. The van der Waals surface area contributed by atoms with Crippen molar-refractivity contribution in [3.8, 4) is 0 Å². The van der Waals surface area contributed by atoms with Crippen molar-refractivity contribution in [2.24, 2.45) is 0 Å². The zero-order valence-electron chi connectivity index (χ0n) is 8.11. The molecule has 0 unspecified atom stereocenters. The number of nitrogens with zero attached hydrogens (tertiary/aromatic N) is 2. The average Bonchev–Trinajstić information content (AvgIpc) is 2.24. The van der Waals surface area contributed by atoms with Crippen LogP contribution in [-0.4, -0.2) is 9.97 Å². The van der Waals surface area contributed by atoms with Crippen molar-refractivity contribution in [2.75, 3.05) is 11.1 Å². The summed E-state index contributed by atoms with van der Waals surface area (Å²) in [5.74, 6) is 0.0236. The smallest absolute Gasteiger partial charge is 0.229 e. The van der Waals surface area contributed by atoms with Gasteiger partial charge in [0.2, 0.25) is 5.95 Å². The van der Waals surface area contributed by atoms with Gasteiger partial charge >= 0.3 is 0 Å². The Morgan fingerprint density at radius 2 is 2.12 bits per heavy atom. The molecule has 0 bridgehead atoms. The quantitative estimate of drug-likeness (QED) is 0.844. The molecule has 1 aromatic heterocycles. The lowest BCUT2D eigenvalue weighted by Gasteiger charge is -2.07. The standard InChI is InChI=1S/C10H8ClFN4/c11-6-2-1-3-7(12)9(6)16-10-14-5-4-8(13)15-10/h1-5H,(H3,13,14,15,16). The van der Waals surface area contributed by atoms with E-state index in [1.807, 2.05) is 0 Å². The lowest BCUT2D eigenvalue weighted by molar-refractivity contribution is 0.631. The Kier molecular flexibility index (Phi) is 2.87. The highest BCUT2D eigenvalue weighted by molar-refractivity contribution is 6.33. The predicted molar refractivity (Wildman–Crippen MR) is 61.1 cm³/mol. The summed E-state index contributed by atoms with van der Waals surface area (Å²) in [4.78, 5) is 7.77. The first kappa shape index (κ1) is 10.6. The van der Waals surface area contributed by atoms with Gasteiger partial charge in [-0.15, -0.1) is 0 Å². The van der Waals surface area contributed by atoms with Crippen LogP contribution in [0.3, 0.4) is 0 Å². The molecule has 2 rings (SSSR count). The van der Waals surface area contributed by atoms with E-state index in [-0.39, 0.29) is 16.7 Å². The molecule has 1 heterocycles. The zero-order valence-corrected chi connectivity index (χ0v) is 8.87. The van der Waals surface area contributed by atoms with E-state index in [9.17, 15) is 4.39 Å². The molecule has 0 aliphatic rings. The molecule has 0 fully saturated rings. The minimum Gasteiger partial charge on any atom is -0.384 e. The van der Waals surface area contributed by atoms with E-state index in [0.717, 1.165) is 0 Å². The van der Waals surface area contributed by atoms with E-state index < -0.39 is 5.82 Å². The van der Waals surface area contributed by atoms with Gasteiger partial charge in [0.1, 0.15) is 11.6 Å². The second-order valence-corrected chi connectivity index (χ2v) is 3.43. The second-order valence-electron chi connectivity index (χ2n) is 3.03. The molecule has 0 saturated carbocycles.